The third-order valence-electron chi connectivity index (χ3n) is 4.44. The first-order valence-corrected chi connectivity index (χ1v) is 9.00. The van der Waals surface area contributed by atoms with E-state index in [0.29, 0.717) is 23.6 Å². The Morgan fingerprint density at radius 2 is 1.93 bits per heavy atom. The number of aromatic nitrogens is 2. The van der Waals surface area contributed by atoms with Gasteiger partial charge in [-0.25, -0.2) is 9.48 Å². The predicted octanol–water partition coefficient (Wildman–Crippen LogP) is 2.42. The number of amides is 1. The fourth-order valence-corrected chi connectivity index (χ4v) is 2.87. The van der Waals surface area contributed by atoms with Crippen LogP contribution in [-0.4, -0.2) is 47.0 Å². The van der Waals surface area contributed by atoms with Crippen molar-refractivity contribution in [2.45, 2.75) is 6.54 Å². The summed E-state index contributed by atoms with van der Waals surface area (Å²) in [7, 11) is 1.65. The van der Waals surface area contributed by atoms with E-state index < -0.39 is 5.97 Å². The standard InChI is InChI=1S/C21H19N3O5/c1-23(11-15-10-22-24(12-15)17-5-3-2-4-6-17)20(25)13-27-21(26)16-7-8-18-19(9-16)29-14-28-18/h2-10,12H,11,13-14H2,1H3. The predicted molar refractivity (Wildman–Crippen MR) is 103 cm³/mol. The number of esters is 1. The molecule has 0 fully saturated rings. The zero-order valence-electron chi connectivity index (χ0n) is 15.8. The first-order chi connectivity index (χ1) is 14.1. The van der Waals surface area contributed by atoms with E-state index in [2.05, 4.69) is 5.10 Å². The molecule has 1 aliphatic heterocycles. The van der Waals surface area contributed by atoms with Crippen LogP contribution in [0, 0.1) is 0 Å². The van der Waals surface area contributed by atoms with Gasteiger partial charge in [-0.1, -0.05) is 18.2 Å². The van der Waals surface area contributed by atoms with E-state index in [1.54, 1.807) is 30.1 Å². The number of hydrogen-bond donors (Lipinski definition) is 0. The SMILES string of the molecule is CN(Cc1cnn(-c2ccccc2)c1)C(=O)COC(=O)c1ccc2c(c1)OCO2. The molecule has 8 heteroatoms. The zero-order chi connectivity index (χ0) is 20.2. The average molecular weight is 393 g/mol. The van der Waals surface area contributed by atoms with Gasteiger partial charge in [0.1, 0.15) is 0 Å². The van der Waals surface area contributed by atoms with Crippen molar-refractivity contribution < 1.29 is 23.8 Å². The lowest BCUT2D eigenvalue weighted by Gasteiger charge is -2.16. The number of likely N-dealkylation sites (N-methyl/N-ethyl adjacent to an activating group) is 1. The molecule has 0 N–H and O–H groups in total. The highest BCUT2D eigenvalue weighted by Crippen LogP contribution is 2.32. The molecule has 4 rings (SSSR count). The van der Waals surface area contributed by atoms with Crippen LogP contribution in [-0.2, 0) is 16.1 Å². The van der Waals surface area contributed by atoms with E-state index in [1.165, 1.54) is 11.0 Å². The number of benzene rings is 2. The second kappa shape index (κ2) is 8.05. The molecule has 0 aliphatic carbocycles. The normalized spacial score (nSPS) is 11.9. The minimum absolute atomic E-state index is 0.123. The molecule has 0 atom stereocenters. The topological polar surface area (TPSA) is 82.9 Å². The first-order valence-electron chi connectivity index (χ1n) is 9.00. The highest BCUT2D eigenvalue weighted by molar-refractivity contribution is 5.92. The number of hydrogen-bond acceptors (Lipinski definition) is 6. The second-order valence-corrected chi connectivity index (χ2v) is 6.52. The minimum Gasteiger partial charge on any atom is -0.454 e. The molecule has 2 aromatic carbocycles. The smallest absolute Gasteiger partial charge is 0.338 e. The van der Waals surface area contributed by atoms with Crippen molar-refractivity contribution >= 4 is 11.9 Å². The summed E-state index contributed by atoms with van der Waals surface area (Å²) < 4.78 is 17.3. The molecule has 0 unspecified atom stereocenters. The number of fused-ring (bicyclic) bond motifs is 1. The van der Waals surface area contributed by atoms with E-state index >= 15 is 0 Å². The van der Waals surface area contributed by atoms with Crippen molar-refractivity contribution in [1.29, 1.82) is 0 Å². The van der Waals surface area contributed by atoms with Gasteiger partial charge in [0.2, 0.25) is 6.79 Å². The summed E-state index contributed by atoms with van der Waals surface area (Å²) in [6.45, 7) is 0.127. The van der Waals surface area contributed by atoms with Gasteiger partial charge in [0.25, 0.3) is 5.91 Å². The maximum Gasteiger partial charge on any atom is 0.338 e. The molecule has 148 valence electrons. The lowest BCUT2D eigenvalue weighted by Crippen LogP contribution is -2.30. The summed E-state index contributed by atoms with van der Waals surface area (Å²) in [5.41, 5.74) is 2.10. The molecule has 2 heterocycles. The Hall–Kier alpha value is -3.81. The molecule has 0 saturated heterocycles. The monoisotopic (exact) mass is 393 g/mol. The van der Waals surface area contributed by atoms with Crippen molar-refractivity contribution in [2.75, 3.05) is 20.4 Å². The van der Waals surface area contributed by atoms with E-state index in [9.17, 15) is 9.59 Å². The van der Waals surface area contributed by atoms with Gasteiger partial charge in [-0.2, -0.15) is 5.10 Å². The van der Waals surface area contributed by atoms with Crippen molar-refractivity contribution in [3.05, 3.63) is 72.1 Å². The molecule has 0 bridgehead atoms. The van der Waals surface area contributed by atoms with E-state index in [-0.39, 0.29) is 19.3 Å². The number of carbonyl (C=O) groups is 2. The summed E-state index contributed by atoms with van der Waals surface area (Å²) in [6.07, 6.45) is 3.56. The van der Waals surface area contributed by atoms with Crippen LogP contribution in [0.4, 0.5) is 0 Å². The molecular weight excluding hydrogens is 374 g/mol. The molecular formula is C21H19N3O5. The fourth-order valence-electron chi connectivity index (χ4n) is 2.87. The fraction of sp³-hybridized carbons (Fsp3) is 0.190. The van der Waals surface area contributed by atoms with Crippen molar-refractivity contribution in [3.63, 3.8) is 0 Å². The van der Waals surface area contributed by atoms with Gasteiger partial charge in [0, 0.05) is 25.4 Å². The Morgan fingerprint density at radius 1 is 1.14 bits per heavy atom. The Balaban J connectivity index is 1.31. The summed E-state index contributed by atoms with van der Waals surface area (Å²) in [5, 5.41) is 4.31. The number of para-hydroxylation sites is 1. The summed E-state index contributed by atoms with van der Waals surface area (Å²) in [4.78, 5) is 26.0. The number of nitrogens with zero attached hydrogens (tertiary/aromatic N) is 3. The van der Waals surface area contributed by atoms with Crippen molar-refractivity contribution in [1.82, 2.24) is 14.7 Å². The maximum absolute atomic E-state index is 12.3. The van der Waals surface area contributed by atoms with Crippen LogP contribution in [0.1, 0.15) is 15.9 Å². The second-order valence-electron chi connectivity index (χ2n) is 6.52. The molecule has 0 radical (unpaired) electrons. The number of ether oxygens (including phenoxy) is 3. The van der Waals surface area contributed by atoms with Gasteiger partial charge >= 0.3 is 5.97 Å². The molecule has 8 nitrogen and oxygen atoms in total. The summed E-state index contributed by atoms with van der Waals surface area (Å²) in [6, 6.07) is 14.4. The number of rotatable bonds is 6. The van der Waals surface area contributed by atoms with Crippen LogP contribution >= 0.6 is 0 Å². The van der Waals surface area contributed by atoms with Crippen LogP contribution in [0.25, 0.3) is 5.69 Å². The van der Waals surface area contributed by atoms with Crippen molar-refractivity contribution in [3.8, 4) is 17.2 Å². The number of carbonyl (C=O) groups excluding carboxylic acids is 2. The zero-order valence-corrected chi connectivity index (χ0v) is 15.8. The molecule has 0 spiro atoms. The molecule has 1 amide bonds. The molecule has 3 aromatic rings. The molecule has 1 aliphatic rings. The highest BCUT2D eigenvalue weighted by atomic mass is 16.7. The minimum atomic E-state index is -0.595. The van der Waals surface area contributed by atoms with Gasteiger partial charge in [0.05, 0.1) is 17.4 Å². The van der Waals surface area contributed by atoms with E-state index in [0.717, 1.165) is 11.3 Å². The van der Waals surface area contributed by atoms with Gasteiger partial charge < -0.3 is 19.1 Å². The molecule has 1 aromatic heterocycles. The molecule has 0 saturated carbocycles. The lowest BCUT2D eigenvalue weighted by atomic mass is 10.2. The van der Waals surface area contributed by atoms with Crippen LogP contribution < -0.4 is 9.47 Å². The van der Waals surface area contributed by atoms with Crippen molar-refractivity contribution in [2.24, 2.45) is 0 Å². The van der Waals surface area contributed by atoms with E-state index in [4.69, 9.17) is 14.2 Å². The highest BCUT2D eigenvalue weighted by Gasteiger charge is 2.19. The average Bonchev–Trinajstić information content (AvgIpc) is 3.41. The third-order valence-corrected chi connectivity index (χ3v) is 4.44. The first kappa shape index (κ1) is 18.5. The largest absolute Gasteiger partial charge is 0.454 e. The summed E-state index contributed by atoms with van der Waals surface area (Å²) in [5.74, 6) is 0.153. The Kier molecular flexibility index (Phi) is 5.15. The van der Waals surface area contributed by atoms with Gasteiger partial charge in [-0.15, -0.1) is 0 Å². The van der Waals surface area contributed by atoms with Crippen LogP contribution in [0.2, 0.25) is 0 Å². The van der Waals surface area contributed by atoms with Gasteiger partial charge in [0.15, 0.2) is 18.1 Å². The van der Waals surface area contributed by atoms with Crippen LogP contribution in [0.3, 0.4) is 0 Å². The third kappa shape index (κ3) is 4.21. The maximum atomic E-state index is 12.3. The van der Waals surface area contributed by atoms with Crippen LogP contribution in [0.15, 0.2) is 60.9 Å². The Morgan fingerprint density at radius 3 is 2.76 bits per heavy atom. The van der Waals surface area contributed by atoms with E-state index in [1.807, 2.05) is 36.5 Å². The van der Waals surface area contributed by atoms with Gasteiger partial charge in [-0.3, -0.25) is 4.79 Å². The summed E-state index contributed by atoms with van der Waals surface area (Å²) >= 11 is 0. The quantitative estimate of drug-likeness (QED) is 0.598. The van der Waals surface area contributed by atoms with Gasteiger partial charge in [-0.05, 0) is 30.3 Å². The lowest BCUT2D eigenvalue weighted by molar-refractivity contribution is -0.133. The molecule has 29 heavy (non-hydrogen) atoms. The Bertz CT molecular complexity index is 1030. The van der Waals surface area contributed by atoms with Crippen LogP contribution in [0.5, 0.6) is 11.5 Å². The Labute approximate surface area is 167 Å².